The van der Waals surface area contributed by atoms with Crippen LogP contribution in [0.3, 0.4) is 0 Å². The molecule has 0 aromatic carbocycles. The fourth-order valence-electron chi connectivity index (χ4n) is 3.27. The van der Waals surface area contributed by atoms with E-state index >= 15 is 0 Å². The quantitative estimate of drug-likeness (QED) is 0.669. The monoisotopic (exact) mass is 253 g/mol. The number of aldehydes is 1. The summed E-state index contributed by atoms with van der Waals surface area (Å²) in [7, 11) is 2.19. The van der Waals surface area contributed by atoms with Crippen molar-refractivity contribution in [1.29, 1.82) is 0 Å². The SMILES string of the molecule is CCCC(C)(C=O)CN(C)C1CCC(C)(C)CC1. The smallest absolute Gasteiger partial charge is 0.127 e. The van der Waals surface area contributed by atoms with Gasteiger partial charge in [-0.3, -0.25) is 0 Å². The zero-order valence-electron chi connectivity index (χ0n) is 13.0. The van der Waals surface area contributed by atoms with E-state index in [1.165, 1.54) is 32.0 Å². The molecule has 1 saturated carbocycles. The third-order valence-electron chi connectivity index (χ3n) is 4.65. The molecule has 0 radical (unpaired) electrons. The van der Waals surface area contributed by atoms with Crippen LogP contribution < -0.4 is 0 Å². The first kappa shape index (κ1) is 15.7. The predicted octanol–water partition coefficient (Wildman–Crippen LogP) is 3.89. The second kappa shape index (κ2) is 6.18. The lowest BCUT2D eigenvalue weighted by Crippen LogP contribution is -2.43. The van der Waals surface area contributed by atoms with E-state index < -0.39 is 0 Å². The Morgan fingerprint density at radius 3 is 2.33 bits per heavy atom. The standard InChI is InChI=1S/C16H31NO/c1-6-9-16(4,13-18)12-17(5)14-7-10-15(2,3)11-8-14/h13-14H,6-12H2,1-5H3. The lowest BCUT2D eigenvalue weighted by atomic mass is 9.75. The molecule has 1 unspecified atom stereocenters. The van der Waals surface area contributed by atoms with Crippen LogP contribution in [0.1, 0.15) is 66.2 Å². The van der Waals surface area contributed by atoms with Gasteiger partial charge in [0.25, 0.3) is 0 Å². The predicted molar refractivity (Wildman–Crippen MR) is 77.7 cm³/mol. The topological polar surface area (TPSA) is 20.3 Å². The van der Waals surface area contributed by atoms with Crippen LogP contribution >= 0.6 is 0 Å². The third-order valence-corrected chi connectivity index (χ3v) is 4.65. The molecule has 0 spiro atoms. The summed E-state index contributed by atoms with van der Waals surface area (Å²) in [5.74, 6) is 0. The maximum atomic E-state index is 11.3. The van der Waals surface area contributed by atoms with E-state index in [0.717, 1.165) is 19.4 Å². The molecule has 0 heterocycles. The van der Waals surface area contributed by atoms with Crippen LogP contribution in [0.5, 0.6) is 0 Å². The molecule has 1 atom stereocenters. The summed E-state index contributed by atoms with van der Waals surface area (Å²) in [6.07, 6.45) is 8.44. The van der Waals surface area contributed by atoms with E-state index in [1.54, 1.807) is 0 Å². The molecule has 0 aliphatic heterocycles. The van der Waals surface area contributed by atoms with E-state index in [-0.39, 0.29) is 5.41 Å². The normalized spacial score (nSPS) is 23.9. The largest absolute Gasteiger partial charge is 0.303 e. The molecule has 1 fully saturated rings. The van der Waals surface area contributed by atoms with E-state index in [4.69, 9.17) is 0 Å². The van der Waals surface area contributed by atoms with Gasteiger partial charge in [0, 0.05) is 18.0 Å². The highest BCUT2D eigenvalue weighted by Crippen LogP contribution is 2.37. The molecule has 1 aliphatic carbocycles. The van der Waals surface area contributed by atoms with Crippen LogP contribution in [0.4, 0.5) is 0 Å². The molecular weight excluding hydrogens is 222 g/mol. The Hall–Kier alpha value is -0.370. The fourth-order valence-corrected chi connectivity index (χ4v) is 3.27. The minimum atomic E-state index is -0.156. The number of rotatable bonds is 6. The maximum Gasteiger partial charge on any atom is 0.127 e. The van der Waals surface area contributed by atoms with E-state index in [9.17, 15) is 4.79 Å². The van der Waals surface area contributed by atoms with Gasteiger partial charge < -0.3 is 9.69 Å². The van der Waals surface area contributed by atoms with E-state index in [2.05, 4.69) is 39.6 Å². The summed E-state index contributed by atoms with van der Waals surface area (Å²) >= 11 is 0. The molecule has 0 aromatic rings. The van der Waals surface area contributed by atoms with Gasteiger partial charge in [-0.05, 0) is 44.6 Å². The van der Waals surface area contributed by atoms with Crippen molar-refractivity contribution in [2.75, 3.05) is 13.6 Å². The Kier molecular flexibility index (Phi) is 5.39. The van der Waals surface area contributed by atoms with Gasteiger partial charge in [-0.15, -0.1) is 0 Å². The summed E-state index contributed by atoms with van der Waals surface area (Å²) in [5.41, 5.74) is 0.366. The Balaban J connectivity index is 2.50. The maximum absolute atomic E-state index is 11.3. The molecule has 2 heteroatoms. The van der Waals surface area contributed by atoms with Gasteiger partial charge in [0.05, 0.1) is 0 Å². The molecule has 0 amide bonds. The van der Waals surface area contributed by atoms with Crippen LogP contribution in [0.2, 0.25) is 0 Å². The van der Waals surface area contributed by atoms with E-state index in [1.807, 2.05) is 0 Å². The second-order valence-electron chi connectivity index (χ2n) is 7.33. The van der Waals surface area contributed by atoms with Crippen molar-refractivity contribution in [3.05, 3.63) is 0 Å². The summed E-state index contributed by atoms with van der Waals surface area (Å²) in [6, 6.07) is 0.675. The highest BCUT2D eigenvalue weighted by molar-refractivity contribution is 5.59. The Labute approximate surface area is 113 Å². The molecule has 18 heavy (non-hydrogen) atoms. The molecule has 1 rings (SSSR count). The summed E-state index contributed by atoms with van der Waals surface area (Å²) in [4.78, 5) is 13.7. The van der Waals surface area contributed by atoms with Crippen molar-refractivity contribution in [2.45, 2.75) is 72.3 Å². The minimum Gasteiger partial charge on any atom is -0.303 e. The highest BCUT2D eigenvalue weighted by Gasteiger charge is 2.32. The lowest BCUT2D eigenvalue weighted by molar-refractivity contribution is -0.117. The van der Waals surface area contributed by atoms with Crippen LogP contribution in [-0.4, -0.2) is 30.8 Å². The first-order valence-electron chi connectivity index (χ1n) is 7.48. The van der Waals surface area contributed by atoms with Crippen LogP contribution in [0, 0.1) is 10.8 Å². The summed E-state index contributed by atoms with van der Waals surface area (Å²) in [5, 5.41) is 0. The lowest BCUT2D eigenvalue weighted by Gasteiger charge is -2.41. The second-order valence-corrected chi connectivity index (χ2v) is 7.33. The van der Waals surface area contributed by atoms with Crippen LogP contribution in [0.15, 0.2) is 0 Å². The van der Waals surface area contributed by atoms with Crippen molar-refractivity contribution in [2.24, 2.45) is 10.8 Å². The van der Waals surface area contributed by atoms with Crippen molar-refractivity contribution in [1.82, 2.24) is 4.90 Å². The zero-order chi connectivity index (χ0) is 13.8. The summed E-state index contributed by atoms with van der Waals surface area (Å²) < 4.78 is 0. The summed E-state index contributed by atoms with van der Waals surface area (Å²) in [6.45, 7) is 9.92. The Morgan fingerprint density at radius 1 is 1.33 bits per heavy atom. The van der Waals surface area contributed by atoms with Crippen LogP contribution in [0.25, 0.3) is 0 Å². The number of carbonyl (C=O) groups is 1. The highest BCUT2D eigenvalue weighted by atomic mass is 16.1. The van der Waals surface area contributed by atoms with Gasteiger partial charge in [0.2, 0.25) is 0 Å². The van der Waals surface area contributed by atoms with Gasteiger partial charge in [-0.2, -0.15) is 0 Å². The molecule has 0 saturated heterocycles. The first-order chi connectivity index (χ1) is 8.32. The fraction of sp³-hybridized carbons (Fsp3) is 0.938. The molecule has 0 bridgehead atoms. The number of carbonyl (C=O) groups excluding carboxylic acids is 1. The molecule has 106 valence electrons. The number of nitrogens with zero attached hydrogens (tertiary/aromatic N) is 1. The van der Waals surface area contributed by atoms with Crippen molar-refractivity contribution >= 4 is 6.29 Å². The average Bonchev–Trinajstić information content (AvgIpc) is 2.29. The van der Waals surface area contributed by atoms with Crippen LogP contribution in [-0.2, 0) is 4.79 Å². The van der Waals surface area contributed by atoms with E-state index in [0.29, 0.717) is 11.5 Å². The zero-order valence-corrected chi connectivity index (χ0v) is 13.0. The van der Waals surface area contributed by atoms with Crippen molar-refractivity contribution in [3.8, 4) is 0 Å². The van der Waals surface area contributed by atoms with Crippen molar-refractivity contribution < 1.29 is 4.79 Å². The third kappa shape index (κ3) is 4.38. The number of hydrogen-bond donors (Lipinski definition) is 0. The molecule has 0 N–H and O–H groups in total. The Morgan fingerprint density at radius 2 is 1.89 bits per heavy atom. The average molecular weight is 253 g/mol. The van der Waals surface area contributed by atoms with Gasteiger partial charge in [-0.1, -0.05) is 34.1 Å². The molecule has 0 aromatic heterocycles. The minimum absolute atomic E-state index is 0.156. The van der Waals surface area contributed by atoms with Gasteiger partial charge >= 0.3 is 0 Å². The van der Waals surface area contributed by atoms with Gasteiger partial charge in [-0.25, -0.2) is 0 Å². The Bertz CT molecular complexity index is 264. The molecule has 2 nitrogen and oxygen atoms in total. The molecular formula is C16H31NO. The van der Waals surface area contributed by atoms with Gasteiger partial charge in [0.15, 0.2) is 0 Å². The van der Waals surface area contributed by atoms with Gasteiger partial charge in [0.1, 0.15) is 6.29 Å². The first-order valence-corrected chi connectivity index (χ1v) is 7.48. The van der Waals surface area contributed by atoms with Crippen molar-refractivity contribution in [3.63, 3.8) is 0 Å². The molecule has 1 aliphatic rings. The number of hydrogen-bond acceptors (Lipinski definition) is 2.